The first-order valence-corrected chi connectivity index (χ1v) is 7.28. The van der Waals surface area contributed by atoms with Gasteiger partial charge in [-0.2, -0.15) is 11.8 Å². The van der Waals surface area contributed by atoms with E-state index in [2.05, 4.69) is 9.97 Å². The van der Waals surface area contributed by atoms with Gasteiger partial charge in [0.1, 0.15) is 5.15 Å². The molecule has 1 aliphatic carbocycles. The van der Waals surface area contributed by atoms with Crippen molar-refractivity contribution >= 4 is 29.3 Å². The van der Waals surface area contributed by atoms with Crippen molar-refractivity contribution in [2.45, 2.75) is 25.0 Å². The first-order valence-electron chi connectivity index (χ1n) is 5.75. The van der Waals surface area contributed by atoms with Gasteiger partial charge in [0.25, 0.3) is 0 Å². The average Bonchev–Trinajstić information content (AvgIpc) is 3.11. The molecule has 18 heavy (non-hydrogen) atoms. The molecule has 6 heteroatoms. The molecular formula is C12H15ClN2O2S. The van der Waals surface area contributed by atoms with Gasteiger partial charge < -0.3 is 4.74 Å². The molecule has 0 amide bonds. The average molecular weight is 287 g/mol. The van der Waals surface area contributed by atoms with Crippen LogP contribution in [0.5, 0.6) is 0 Å². The van der Waals surface area contributed by atoms with Gasteiger partial charge in [-0.25, -0.2) is 4.98 Å². The molecule has 0 unspecified atom stereocenters. The molecule has 0 spiro atoms. The number of ether oxygens (including phenoxy) is 1. The van der Waals surface area contributed by atoms with E-state index in [1.54, 1.807) is 24.2 Å². The van der Waals surface area contributed by atoms with Crippen LogP contribution < -0.4 is 0 Å². The van der Waals surface area contributed by atoms with E-state index >= 15 is 0 Å². The van der Waals surface area contributed by atoms with Crippen LogP contribution in [0.1, 0.15) is 25.0 Å². The number of halogens is 1. The van der Waals surface area contributed by atoms with Gasteiger partial charge in [-0.1, -0.05) is 11.6 Å². The van der Waals surface area contributed by atoms with Crippen molar-refractivity contribution in [1.29, 1.82) is 0 Å². The Kier molecular flexibility index (Phi) is 4.45. The summed E-state index contributed by atoms with van der Waals surface area (Å²) in [5.74, 6) is 1.65. The molecule has 0 saturated heterocycles. The third kappa shape index (κ3) is 3.85. The molecule has 1 fully saturated rings. The second-order valence-corrected chi connectivity index (χ2v) is 5.95. The topological polar surface area (TPSA) is 52.1 Å². The molecule has 0 aromatic carbocycles. The zero-order valence-electron chi connectivity index (χ0n) is 10.2. The lowest BCUT2D eigenvalue weighted by Crippen LogP contribution is -2.13. The van der Waals surface area contributed by atoms with E-state index in [9.17, 15) is 4.79 Å². The second kappa shape index (κ2) is 5.89. The van der Waals surface area contributed by atoms with Crippen LogP contribution in [0.4, 0.5) is 0 Å². The van der Waals surface area contributed by atoms with Crippen LogP contribution in [0, 0.1) is 5.41 Å². The number of rotatable bonds is 6. The van der Waals surface area contributed by atoms with Crippen molar-refractivity contribution in [3.8, 4) is 0 Å². The molecule has 1 aromatic heterocycles. The fourth-order valence-corrected chi connectivity index (χ4v) is 3.09. The van der Waals surface area contributed by atoms with Crippen LogP contribution in [0.2, 0.25) is 5.15 Å². The molecule has 1 heterocycles. The molecule has 0 radical (unpaired) electrons. The zero-order chi connectivity index (χ0) is 13.0. The molecule has 0 aliphatic heterocycles. The van der Waals surface area contributed by atoms with Crippen molar-refractivity contribution in [1.82, 2.24) is 9.97 Å². The highest BCUT2D eigenvalue weighted by molar-refractivity contribution is 7.98. The summed E-state index contributed by atoms with van der Waals surface area (Å²) in [6, 6.07) is 0. The Bertz CT molecular complexity index is 421. The molecule has 98 valence electrons. The van der Waals surface area contributed by atoms with Gasteiger partial charge in [0.05, 0.1) is 31.6 Å². The van der Waals surface area contributed by atoms with E-state index < -0.39 is 0 Å². The van der Waals surface area contributed by atoms with Crippen LogP contribution in [0.15, 0.2) is 12.4 Å². The Morgan fingerprint density at radius 1 is 1.50 bits per heavy atom. The highest BCUT2D eigenvalue weighted by atomic mass is 35.5. The predicted molar refractivity (Wildman–Crippen MR) is 71.5 cm³/mol. The third-order valence-electron chi connectivity index (χ3n) is 3.04. The first kappa shape index (κ1) is 13.6. The SMILES string of the molecule is COC(=O)CC1(CSCc2cnc(Cl)cn2)CC1. The summed E-state index contributed by atoms with van der Waals surface area (Å²) in [6.45, 7) is 0. The van der Waals surface area contributed by atoms with Gasteiger partial charge >= 0.3 is 5.97 Å². The number of esters is 1. The summed E-state index contributed by atoms with van der Waals surface area (Å²) in [5.41, 5.74) is 1.08. The lowest BCUT2D eigenvalue weighted by molar-refractivity contribution is -0.141. The number of hydrogen-bond acceptors (Lipinski definition) is 5. The van der Waals surface area contributed by atoms with Crippen LogP contribution in [0.25, 0.3) is 0 Å². The Morgan fingerprint density at radius 2 is 2.28 bits per heavy atom. The fourth-order valence-electron chi connectivity index (χ4n) is 1.71. The Labute approximate surface area is 115 Å². The number of methoxy groups -OCH3 is 1. The molecule has 0 atom stereocenters. The van der Waals surface area contributed by atoms with Crippen molar-refractivity contribution < 1.29 is 9.53 Å². The van der Waals surface area contributed by atoms with Crippen LogP contribution in [-0.4, -0.2) is 28.8 Å². The van der Waals surface area contributed by atoms with E-state index in [4.69, 9.17) is 16.3 Å². The van der Waals surface area contributed by atoms with E-state index in [1.807, 2.05) is 0 Å². The Balaban J connectivity index is 1.75. The smallest absolute Gasteiger partial charge is 0.306 e. The number of nitrogens with zero attached hydrogens (tertiary/aromatic N) is 2. The normalized spacial score (nSPS) is 16.3. The third-order valence-corrected chi connectivity index (χ3v) is 4.55. The molecule has 4 nitrogen and oxygen atoms in total. The minimum atomic E-state index is -0.112. The predicted octanol–water partition coefficient (Wildman–Crippen LogP) is 2.71. The van der Waals surface area contributed by atoms with Gasteiger partial charge in [-0.05, 0) is 24.0 Å². The van der Waals surface area contributed by atoms with Crippen molar-refractivity contribution in [3.05, 3.63) is 23.2 Å². The summed E-state index contributed by atoms with van der Waals surface area (Å²) < 4.78 is 4.72. The maximum Gasteiger partial charge on any atom is 0.306 e. The molecule has 2 rings (SSSR count). The quantitative estimate of drug-likeness (QED) is 0.753. The molecule has 1 aliphatic rings. The van der Waals surface area contributed by atoms with Crippen molar-refractivity contribution in [3.63, 3.8) is 0 Å². The van der Waals surface area contributed by atoms with E-state index in [0.29, 0.717) is 11.6 Å². The summed E-state index contributed by atoms with van der Waals surface area (Å²) in [5, 5.41) is 0.410. The number of hydrogen-bond donors (Lipinski definition) is 0. The number of aromatic nitrogens is 2. The van der Waals surface area contributed by atoms with Gasteiger partial charge in [0.2, 0.25) is 0 Å². The second-order valence-electron chi connectivity index (χ2n) is 4.58. The van der Waals surface area contributed by atoms with Crippen molar-refractivity contribution in [2.75, 3.05) is 12.9 Å². The van der Waals surface area contributed by atoms with Crippen molar-refractivity contribution in [2.24, 2.45) is 5.41 Å². The monoisotopic (exact) mass is 286 g/mol. The number of carbonyl (C=O) groups excluding carboxylic acids is 1. The summed E-state index contributed by atoms with van der Waals surface area (Å²) in [6.07, 6.45) is 6.00. The molecule has 0 N–H and O–H groups in total. The summed E-state index contributed by atoms with van der Waals surface area (Å²) in [4.78, 5) is 19.4. The molecule has 0 bridgehead atoms. The molecular weight excluding hydrogens is 272 g/mol. The maximum absolute atomic E-state index is 11.3. The van der Waals surface area contributed by atoms with Gasteiger partial charge in [-0.3, -0.25) is 9.78 Å². The van der Waals surface area contributed by atoms with Crippen LogP contribution in [-0.2, 0) is 15.3 Å². The minimum absolute atomic E-state index is 0.112. The first-order chi connectivity index (χ1) is 8.63. The van der Waals surface area contributed by atoms with E-state index in [1.165, 1.54) is 7.11 Å². The van der Waals surface area contributed by atoms with Gasteiger partial charge in [0, 0.05) is 5.75 Å². The lowest BCUT2D eigenvalue weighted by Gasteiger charge is -2.12. The van der Waals surface area contributed by atoms with Crippen LogP contribution in [0.3, 0.4) is 0 Å². The lowest BCUT2D eigenvalue weighted by atomic mass is 10.1. The largest absolute Gasteiger partial charge is 0.469 e. The Morgan fingerprint density at radius 3 is 2.83 bits per heavy atom. The van der Waals surface area contributed by atoms with Gasteiger partial charge in [0.15, 0.2) is 0 Å². The zero-order valence-corrected chi connectivity index (χ0v) is 11.8. The molecule has 1 saturated carbocycles. The fraction of sp³-hybridized carbons (Fsp3) is 0.583. The van der Waals surface area contributed by atoms with Gasteiger partial charge in [-0.15, -0.1) is 0 Å². The highest BCUT2D eigenvalue weighted by Crippen LogP contribution is 2.51. The van der Waals surface area contributed by atoms with E-state index in [-0.39, 0.29) is 11.4 Å². The molecule has 1 aromatic rings. The maximum atomic E-state index is 11.3. The Hall–Kier alpha value is -0.810. The minimum Gasteiger partial charge on any atom is -0.469 e. The summed E-state index contributed by atoms with van der Waals surface area (Å²) in [7, 11) is 1.44. The number of thioether (sulfide) groups is 1. The summed E-state index contributed by atoms with van der Waals surface area (Å²) >= 11 is 7.45. The standard InChI is InChI=1S/C12H15ClN2O2S/c1-17-11(16)4-12(2-3-12)8-18-7-9-5-15-10(13)6-14-9/h5-6H,2-4,7-8H2,1H3. The van der Waals surface area contributed by atoms with Crippen LogP contribution >= 0.6 is 23.4 Å². The highest BCUT2D eigenvalue weighted by Gasteiger charge is 2.44. The number of carbonyl (C=O) groups is 1. The van der Waals surface area contributed by atoms with E-state index in [0.717, 1.165) is 30.0 Å².